The van der Waals surface area contributed by atoms with Crippen molar-refractivity contribution in [2.75, 3.05) is 26.3 Å². The molecule has 4 heteroatoms. The summed E-state index contributed by atoms with van der Waals surface area (Å²) in [7, 11) is 0. The number of nitrogens with one attached hydrogen (secondary N) is 1. The zero-order valence-electron chi connectivity index (χ0n) is 9.98. The first-order valence-electron chi connectivity index (χ1n) is 5.99. The van der Waals surface area contributed by atoms with E-state index in [1.807, 2.05) is 18.2 Å². The minimum absolute atomic E-state index is 0.131. The second-order valence-electron chi connectivity index (χ2n) is 4.36. The highest BCUT2D eigenvalue weighted by atomic mass is 16.5. The Hall–Kier alpha value is -1.39. The number of nitrogens with zero attached hydrogens (tertiary/aromatic N) is 1. The topological polar surface area (TPSA) is 62.3 Å². The van der Waals surface area contributed by atoms with Gasteiger partial charge in [-0.15, -0.1) is 0 Å². The quantitative estimate of drug-likeness (QED) is 0.609. The summed E-state index contributed by atoms with van der Waals surface area (Å²) in [5.41, 5.74) is 7.50. The number of nitrogens with two attached hydrogens (primary N) is 1. The largest absolute Gasteiger partial charge is 0.384 e. The molecule has 1 aromatic carbocycles. The molecule has 0 amide bonds. The Morgan fingerprint density at radius 3 is 3.06 bits per heavy atom. The Labute approximate surface area is 102 Å². The van der Waals surface area contributed by atoms with Crippen LogP contribution in [-0.4, -0.2) is 37.0 Å². The highest BCUT2D eigenvalue weighted by Gasteiger charge is 2.09. The first-order chi connectivity index (χ1) is 8.25. The molecule has 1 aliphatic rings. The molecule has 92 valence electrons. The van der Waals surface area contributed by atoms with Crippen molar-refractivity contribution in [1.29, 1.82) is 5.41 Å². The third-order valence-corrected chi connectivity index (χ3v) is 2.96. The van der Waals surface area contributed by atoms with Crippen LogP contribution in [0.15, 0.2) is 24.3 Å². The average Bonchev–Trinajstić information content (AvgIpc) is 2.58. The van der Waals surface area contributed by atoms with Crippen molar-refractivity contribution in [1.82, 2.24) is 4.90 Å². The first-order valence-corrected chi connectivity index (χ1v) is 5.99. The van der Waals surface area contributed by atoms with Crippen molar-refractivity contribution < 1.29 is 4.74 Å². The smallest absolute Gasteiger partial charge is 0.122 e. The number of nitrogen functional groups attached to an aromatic ring is 1. The molecule has 3 N–H and O–H groups in total. The van der Waals surface area contributed by atoms with Crippen LogP contribution >= 0.6 is 0 Å². The van der Waals surface area contributed by atoms with Crippen LogP contribution in [0.3, 0.4) is 0 Å². The Morgan fingerprint density at radius 1 is 1.35 bits per heavy atom. The summed E-state index contributed by atoms with van der Waals surface area (Å²) >= 11 is 0. The second kappa shape index (κ2) is 5.80. The van der Waals surface area contributed by atoms with Gasteiger partial charge in [0.15, 0.2) is 0 Å². The van der Waals surface area contributed by atoms with Crippen LogP contribution in [0.1, 0.15) is 17.5 Å². The zero-order valence-corrected chi connectivity index (χ0v) is 9.98. The maximum atomic E-state index is 7.43. The molecule has 0 atom stereocenters. The van der Waals surface area contributed by atoms with Gasteiger partial charge >= 0.3 is 0 Å². The highest BCUT2D eigenvalue weighted by molar-refractivity contribution is 5.95. The van der Waals surface area contributed by atoms with E-state index in [-0.39, 0.29) is 5.84 Å². The molecule has 1 saturated heterocycles. The number of benzene rings is 1. The second-order valence-corrected chi connectivity index (χ2v) is 4.36. The Kier molecular flexibility index (Phi) is 4.12. The fourth-order valence-electron chi connectivity index (χ4n) is 2.05. The lowest BCUT2D eigenvalue weighted by Crippen LogP contribution is -2.26. The van der Waals surface area contributed by atoms with Crippen LogP contribution in [-0.2, 0) is 11.3 Å². The van der Waals surface area contributed by atoms with Crippen LogP contribution in [0.2, 0.25) is 0 Å². The molecule has 0 unspecified atom stereocenters. The minimum atomic E-state index is 0.131. The Morgan fingerprint density at radius 2 is 2.24 bits per heavy atom. The van der Waals surface area contributed by atoms with E-state index in [0.717, 1.165) is 44.8 Å². The lowest BCUT2D eigenvalue weighted by molar-refractivity contribution is 0.140. The normalized spacial score (nSPS) is 17.6. The third-order valence-electron chi connectivity index (χ3n) is 2.96. The molecular weight excluding hydrogens is 214 g/mol. The zero-order chi connectivity index (χ0) is 12.1. The van der Waals surface area contributed by atoms with Gasteiger partial charge in [0.25, 0.3) is 0 Å². The molecule has 1 aromatic rings. The van der Waals surface area contributed by atoms with Gasteiger partial charge in [-0.05, 0) is 18.1 Å². The molecule has 0 bridgehead atoms. The van der Waals surface area contributed by atoms with Crippen molar-refractivity contribution in [2.45, 2.75) is 13.0 Å². The fourth-order valence-corrected chi connectivity index (χ4v) is 2.05. The number of amidine groups is 1. The number of hydrogen-bond donors (Lipinski definition) is 2. The standard InChI is InChI=1S/C13H19N3O/c14-13(15)12-4-1-3-11(9-12)10-16-5-2-7-17-8-6-16/h1,3-4,9H,2,5-8,10H2,(H3,14,15). The molecule has 0 aromatic heterocycles. The summed E-state index contributed by atoms with van der Waals surface area (Å²) in [6.07, 6.45) is 1.09. The molecule has 2 rings (SSSR count). The van der Waals surface area contributed by atoms with Gasteiger partial charge in [-0.1, -0.05) is 18.2 Å². The molecule has 0 spiro atoms. The van der Waals surface area contributed by atoms with E-state index in [4.69, 9.17) is 15.9 Å². The summed E-state index contributed by atoms with van der Waals surface area (Å²) in [4.78, 5) is 2.38. The summed E-state index contributed by atoms with van der Waals surface area (Å²) in [5.74, 6) is 0.131. The van der Waals surface area contributed by atoms with Crippen molar-refractivity contribution in [3.63, 3.8) is 0 Å². The number of ether oxygens (including phenoxy) is 1. The van der Waals surface area contributed by atoms with E-state index in [2.05, 4.69) is 11.0 Å². The van der Waals surface area contributed by atoms with E-state index in [1.54, 1.807) is 0 Å². The minimum Gasteiger partial charge on any atom is -0.384 e. The van der Waals surface area contributed by atoms with Crippen molar-refractivity contribution >= 4 is 5.84 Å². The molecule has 1 heterocycles. The summed E-state index contributed by atoms with van der Waals surface area (Å²) in [6.45, 7) is 4.63. The van der Waals surface area contributed by atoms with Gasteiger partial charge in [0.05, 0.1) is 6.61 Å². The van der Waals surface area contributed by atoms with Gasteiger partial charge in [-0.2, -0.15) is 0 Å². The van der Waals surface area contributed by atoms with E-state index in [0.29, 0.717) is 0 Å². The van der Waals surface area contributed by atoms with Gasteiger partial charge in [0.2, 0.25) is 0 Å². The fraction of sp³-hybridized carbons (Fsp3) is 0.462. The third kappa shape index (κ3) is 3.54. The Bertz CT molecular complexity index is 384. The summed E-state index contributed by atoms with van der Waals surface area (Å²) in [5, 5.41) is 7.43. The first kappa shape index (κ1) is 12.1. The summed E-state index contributed by atoms with van der Waals surface area (Å²) in [6, 6.07) is 7.91. The van der Waals surface area contributed by atoms with Gasteiger partial charge in [-0.25, -0.2) is 0 Å². The van der Waals surface area contributed by atoms with Crippen LogP contribution in [0.5, 0.6) is 0 Å². The Balaban J connectivity index is 2.01. The van der Waals surface area contributed by atoms with Crippen molar-refractivity contribution in [3.05, 3.63) is 35.4 Å². The van der Waals surface area contributed by atoms with Gasteiger partial charge in [-0.3, -0.25) is 10.3 Å². The molecule has 0 aliphatic carbocycles. The van der Waals surface area contributed by atoms with Crippen molar-refractivity contribution in [3.8, 4) is 0 Å². The molecule has 0 radical (unpaired) electrons. The molecule has 0 saturated carbocycles. The predicted octanol–water partition coefficient (Wildman–Crippen LogP) is 1.19. The lowest BCUT2D eigenvalue weighted by Gasteiger charge is -2.19. The van der Waals surface area contributed by atoms with E-state index in [1.165, 1.54) is 5.56 Å². The van der Waals surface area contributed by atoms with E-state index < -0.39 is 0 Å². The van der Waals surface area contributed by atoms with Gasteiger partial charge in [0, 0.05) is 31.8 Å². The molecular formula is C13H19N3O. The van der Waals surface area contributed by atoms with Crippen LogP contribution < -0.4 is 5.73 Å². The van der Waals surface area contributed by atoms with Crippen LogP contribution in [0.25, 0.3) is 0 Å². The molecule has 1 fully saturated rings. The van der Waals surface area contributed by atoms with E-state index in [9.17, 15) is 0 Å². The lowest BCUT2D eigenvalue weighted by atomic mass is 10.1. The van der Waals surface area contributed by atoms with E-state index >= 15 is 0 Å². The van der Waals surface area contributed by atoms with Gasteiger partial charge < -0.3 is 10.5 Å². The highest BCUT2D eigenvalue weighted by Crippen LogP contribution is 2.10. The van der Waals surface area contributed by atoms with Gasteiger partial charge in [0.1, 0.15) is 5.84 Å². The van der Waals surface area contributed by atoms with Crippen LogP contribution in [0, 0.1) is 5.41 Å². The predicted molar refractivity (Wildman–Crippen MR) is 68.2 cm³/mol. The SMILES string of the molecule is N=C(N)c1cccc(CN2CCCOCC2)c1. The summed E-state index contributed by atoms with van der Waals surface area (Å²) < 4.78 is 5.43. The number of hydrogen-bond acceptors (Lipinski definition) is 3. The average molecular weight is 233 g/mol. The number of rotatable bonds is 3. The molecule has 17 heavy (non-hydrogen) atoms. The molecule has 1 aliphatic heterocycles. The monoisotopic (exact) mass is 233 g/mol. The maximum absolute atomic E-state index is 7.43. The van der Waals surface area contributed by atoms with Crippen molar-refractivity contribution in [2.24, 2.45) is 5.73 Å². The maximum Gasteiger partial charge on any atom is 0.122 e. The van der Waals surface area contributed by atoms with Crippen LogP contribution in [0.4, 0.5) is 0 Å². The molecule has 4 nitrogen and oxygen atoms in total.